The fraction of sp³-hybridized carbons (Fsp3) is 0.517. The van der Waals surface area contributed by atoms with Gasteiger partial charge in [-0.25, -0.2) is 0 Å². The van der Waals surface area contributed by atoms with Gasteiger partial charge in [0, 0.05) is 11.6 Å². The van der Waals surface area contributed by atoms with Crippen LogP contribution in [0.15, 0.2) is 42.5 Å². The van der Waals surface area contributed by atoms with Crippen LogP contribution in [0.3, 0.4) is 0 Å². The average Bonchev–Trinajstić information content (AvgIpc) is 3.32. The molecule has 0 spiro atoms. The van der Waals surface area contributed by atoms with E-state index in [1.54, 1.807) is 30.4 Å². The van der Waals surface area contributed by atoms with Crippen LogP contribution in [0.25, 0.3) is 6.08 Å². The van der Waals surface area contributed by atoms with Crippen molar-refractivity contribution in [2.24, 2.45) is 0 Å². The molecule has 0 radical (unpaired) electrons. The van der Waals surface area contributed by atoms with Gasteiger partial charge >= 0.3 is 0 Å². The number of aromatic hydroxyl groups is 1. The zero-order chi connectivity index (χ0) is 31.6. The maximum atomic E-state index is 10.9. The summed E-state index contributed by atoms with van der Waals surface area (Å²) in [7, 11) is 0. The van der Waals surface area contributed by atoms with Crippen molar-refractivity contribution >= 4 is 6.08 Å². The largest absolute Gasteiger partial charge is 0.507 e. The van der Waals surface area contributed by atoms with E-state index in [2.05, 4.69) is 0 Å². The number of aliphatic hydroxyl groups excluding tert-OH is 7. The molecule has 44 heavy (non-hydrogen) atoms. The van der Waals surface area contributed by atoms with Gasteiger partial charge in [-0.2, -0.15) is 0 Å². The highest BCUT2D eigenvalue weighted by Crippen LogP contribution is 2.43. The lowest BCUT2D eigenvalue weighted by atomic mass is 9.99. The molecule has 10 atom stereocenters. The Hall–Kier alpha value is -3.06. The van der Waals surface area contributed by atoms with E-state index in [9.17, 15) is 40.9 Å². The number of fused-ring (bicyclic) bond motifs is 1. The standard InChI is InChI=1S/C29H36O15/c30-7-1-2-14-3-6-18-19(8-14)43-25(20(10-31)42-18)16-5-4-15(9-17(16)33)41-27-24(36)23(35)22(34)21(44-27)11-39-28-26(37)29(38,12-32)13-40-28/h1-6,8-9,20-28,30-38H,7,10-13H2/t20-,21+,22+,23-,24+,25-,26-,27+,28+,29+/m0/s1. The first-order valence-electron chi connectivity index (χ1n) is 13.9. The zero-order valence-corrected chi connectivity index (χ0v) is 23.3. The SMILES string of the molecule is OCC=Cc1ccc2c(c1)O[C@@H](c1ccc(O[C@@H]3O[C@H](CO[C@@H]4OC[C@](O)(CO)[C@H]4O)[C@@H](O)[C@H](O)[C@H]3O)cc1O)[C@H](CO)O2. The second-order valence-corrected chi connectivity index (χ2v) is 10.7. The molecular formula is C29H36O15. The summed E-state index contributed by atoms with van der Waals surface area (Å²) in [6.45, 7) is -2.21. The lowest BCUT2D eigenvalue weighted by molar-refractivity contribution is -0.289. The third-order valence-corrected chi connectivity index (χ3v) is 7.67. The summed E-state index contributed by atoms with van der Waals surface area (Å²) in [5.74, 6) is 0.455. The van der Waals surface area contributed by atoms with Gasteiger partial charge in [0.2, 0.25) is 6.29 Å². The van der Waals surface area contributed by atoms with Crippen molar-refractivity contribution in [1.82, 2.24) is 0 Å². The molecule has 2 saturated heterocycles. The highest BCUT2D eigenvalue weighted by Gasteiger charge is 2.50. The number of rotatable bonds is 10. The van der Waals surface area contributed by atoms with Gasteiger partial charge in [-0.05, 0) is 29.8 Å². The summed E-state index contributed by atoms with van der Waals surface area (Å²) in [5, 5.41) is 90.8. The fourth-order valence-corrected chi connectivity index (χ4v) is 5.09. The van der Waals surface area contributed by atoms with Gasteiger partial charge < -0.3 is 74.4 Å². The Morgan fingerprint density at radius 1 is 0.886 bits per heavy atom. The van der Waals surface area contributed by atoms with Gasteiger partial charge in [0.1, 0.15) is 47.6 Å². The fourth-order valence-electron chi connectivity index (χ4n) is 5.09. The predicted octanol–water partition coefficient (Wildman–Crippen LogP) is -2.09. The normalized spacial score (nSPS) is 35.2. The van der Waals surface area contributed by atoms with E-state index >= 15 is 0 Å². The van der Waals surface area contributed by atoms with Crippen molar-refractivity contribution in [3.63, 3.8) is 0 Å². The first kappa shape index (κ1) is 32.3. The predicted molar refractivity (Wildman–Crippen MR) is 147 cm³/mol. The second-order valence-electron chi connectivity index (χ2n) is 10.7. The minimum Gasteiger partial charge on any atom is -0.507 e. The minimum absolute atomic E-state index is 0.00946. The summed E-state index contributed by atoms with van der Waals surface area (Å²) in [4.78, 5) is 0. The number of ether oxygens (including phenoxy) is 6. The number of hydrogen-bond donors (Lipinski definition) is 9. The quantitative estimate of drug-likeness (QED) is 0.138. The van der Waals surface area contributed by atoms with E-state index < -0.39 is 87.3 Å². The van der Waals surface area contributed by atoms with Crippen LogP contribution < -0.4 is 14.2 Å². The smallest absolute Gasteiger partial charge is 0.229 e. The summed E-state index contributed by atoms with van der Waals surface area (Å²) in [6.07, 6.45) is -9.38. The molecule has 0 bridgehead atoms. The molecule has 0 amide bonds. The molecule has 3 aliphatic rings. The molecule has 2 aromatic rings. The number of hydrogen-bond acceptors (Lipinski definition) is 15. The Morgan fingerprint density at radius 2 is 1.68 bits per heavy atom. The molecule has 15 nitrogen and oxygen atoms in total. The Morgan fingerprint density at radius 3 is 2.36 bits per heavy atom. The topological polar surface area (TPSA) is 237 Å². The van der Waals surface area contributed by atoms with E-state index in [4.69, 9.17) is 33.5 Å². The lowest BCUT2D eigenvalue weighted by Gasteiger charge is -2.40. The van der Waals surface area contributed by atoms with Gasteiger partial charge in [0.05, 0.1) is 33.0 Å². The molecular weight excluding hydrogens is 588 g/mol. The zero-order valence-electron chi connectivity index (χ0n) is 23.3. The highest BCUT2D eigenvalue weighted by molar-refractivity contribution is 5.57. The van der Waals surface area contributed by atoms with Crippen LogP contribution in [0.2, 0.25) is 0 Å². The maximum Gasteiger partial charge on any atom is 0.229 e. The molecule has 9 N–H and O–H groups in total. The molecule has 2 aromatic carbocycles. The molecule has 2 fully saturated rings. The number of phenolic OH excluding ortho intramolecular Hbond substituents is 1. The van der Waals surface area contributed by atoms with Gasteiger partial charge in [-0.15, -0.1) is 0 Å². The van der Waals surface area contributed by atoms with Crippen LogP contribution in [0.5, 0.6) is 23.0 Å². The van der Waals surface area contributed by atoms with Crippen LogP contribution in [0, 0.1) is 0 Å². The molecule has 0 saturated carbocycles. The highest BCUT2D eigenvalue weighted by atomic mass is 16.7. The van der Waals surface area contributed by atoms with Crippen LogP contribution in [-0.4, -0.2) is 134 Å². The molecule has 0 aliphatic carbocycles. The Kier molecular flexibility index (Phi) is 9.93. The summed E-state index contributed by atoms with van der Waals surface area (Å²) >= 11 is 0. The van der Waals surface area contributed by atoms with E-state index in [0.717, 1.165) is 5.56 Å². The van der Waals surface area contributed by atoms with Crippen molar-refractivity contribution < 1.29 is 74.4 Å². The first-order valence-corrected chi connectivity index (χ1v) is 13.9. The molecule has 242 valence electrons. The third kappa shape index (κ3) is 6.49. The minimum atomic E-state index is -1.93. The van der Waals surface area contributed by atoms with Gasteiger partial charge in [-0.1, -0.05) is 18.2 Å². The van der Waals surface area contributed by atoms with Crippen molar-refractivity contribution in [3.8, 4) is 23.0 Å². The molecule has 3 heterocycles. The van der Waals surface area contributed by atoms with Crippen molar-refractivity contribution in [3.05, 3.63) is 53.6 Å². The van der Waals surface area contributed by atoms with E-state index in [0.29, 0.717) is 11.5 Å². The van der Waals surface area contributed by atoms with Crippen molar-refractivity contribution in [2.45, 2.75) is 60.9 Å². The first-order chi connectivity index (χ1) is 21.1. The van der Waals surface area contributed by atoms with E-state index in [1.807, 2.05) is 0 Å². The Labute approximate surface area is 251 Å². The van der Waals surface area contributed by atoms with Crippen LogP contribution in [-0.2, 0) is 14.2 Å². The second kappa shape index (κ2) is 13.5. The van der Waals surface area contributed by atoms with Crippen LogP contribution in [0.4, 0.5) is 0 Å². The van der Waals surface area contributed by atoms with E-state index in [-0.39, 0.29) is 23.7 Å². The maximum absolute atomic E-state index is 10.9. The van der Waals surface area contributed by atoms with Gasteiger partial charge in [0.15, 0.2) is 30.0 Å². The molecule has 3 aliphatic heterocycles. The number of aliphatic hydroxyl groups is 8. The summed E-state index contributed by atoms with van der Waals surface area (Å²) in [5.41, 5.74) is -0.943. The third-order valence-electron chi connectivity index (χ3n) is 7.67. The monoisotopic (exact) mass is 624 g/mol. The van der Waals surface area contributed by atoms with Gasteiger partial charge in [-0.3, -0.25) is 0 Å². The molecule has 0 aromatic heterocycles. The molecule has 15 heteroatoms. The van der Waals surface area contributed by atoms with Crippen molar-refractivity contribution in [1.29, 1.82) is 0 Å². The van der Waals surface area contributed by atoms with Crippen molar-refractivity contribution in [2.75, 3.05) is 33.0 Å². The van der Waals surface area contributed by atoms with Gasteiger partial charge in [0.25, 0.3) is 0 Å². The average molecular weight is 625 g/mol. The summed E-state index contributed by atoms with van der Waals surface area (Å²) in [6, 6.07) is 9.21. The van der Waals surface area contributed by atoms with E-state index in [1.165, 1.54) is 18.2 Å². The summed E-state index contributed by atoms with van der Waals surface area (Å²) < 4.78 is 33.8. The lowest BCUT2D eigenvalue weighted by Crippen LogP contribution is -2.60. The Balaban J connectivity index is 1.27. The number of benzene rings is 2. The van der Waals surface area contributed by atoms with Crippen LogP contribution >= 0.6 is 0 Å². The van der Waals surface area contributed by atoms with Crippen LogP contribution in [0.1, 0.15) is 17.2 Å². The number of phenols is 1. The molecule has 5 rings (SSSR count). The molecule has 0 unspecified atom stereocenters. The Bertz CT molecular complexity index is 1310.